The molecule has 0 unspecified atom stereocenters. The molecule has 0 radical (unpaired) electrons. The minimum Gasteiger partial charge on any atom is -0.493 e. The summed E-state index contributed by atoms with van der Waals surface area (Å²) in [5.41, 5.74) is 3.20. The Balaban J connectivity index is 2.03. The molecule has 1 aromatic heterocycles. The first-order valence-corrected chi connectivity index (χ1v) is 7.93. The van der Waals surface area contributed by atoms with Gasteiger partial charge in [-0.15, -0.1) is 11.3 Å². The van der Waals surface area contributed by atoms with Gasteiger partial charge < -0.3 is 4.74 Å². The van der Waals surface area contributed by atoms with E-state index in [0.29, 0.717) is 6.61 Å². The number of aryl methyl sites for hydroxylation is 2. The van der Waals surface area contributed by atoms with Gasteiger partial charge in [-0.05, 0) is 30.9 Å². The molecule has 2 rings (SSSR count). The Kier molecular flexibility index (Phi) is 4.98. The van der Waals surface area contributed by atoms with Gasteiger partial charge in [-0.2, -0.15) is 5.26 Å². The summed E-state index contributed by atoms with van der Waals surface area (Å²) in [6, 6.07) is 8.38. The van der Waals surface area contributed by atoms with Crippen LogP contribution in [0.3, 0.4) is 0 Å². The van der Waals surface area contributed by atoms with Crippen LogP contribution in [0.15, 0.2) is 18.2 Å². The van der Waals surface area contributed by atoms with Crippen LogP contribution < -0.4 is 4.74 Å². The highest BCUT2D eigenvalue weighted by Gasteiger charge is 2.14. The Bertz CT molecular complexity index is 648. The molecule has 0 saturated heterocycles. The molecule has 0 spiro atoms. The lowest BCUT2D eigenvalue weighted by molar-refractivity contribution is 0.317. The van der Waals surface area contributed by atoms with Crippen molar-refractivity contribution in [2.24, 2.45) is 0 Å². The predicted molar refractivity (Wildman–Crippen MR) is 86.0 cm³/mol. The van der Waals surface area contributed by atoms with E-state index in [-0.39, 0.29) is 5.92 Å². The van der Waals surface area contributed by atoms with Gasteiger partial charge in [0.1, 0.15) is 16.7 Å². The zero-order valence-corrected chi connectivity index (χ0v) is 13.8. The molecule has 0 atom stereocenters. The molecule has 1 aromatic carbocycles. The number of nitriles is 1. The summed E-state index contributed by atoms with van der Waals surface area (Å²) in [4.78, 5) is 5.30. The normalized spacial score (nSPS) is 10.7. The van der Waals surface area contributed by atoms with E-state index in [1.807, 2.05) is 6.07 Å². The van der Waals surface area contributed by atoms with E-state index < -0.39 is 0 Å². The fourth-order valence-corrected chi connectivity index (χ4v) is 3.22. The Labute approximate surface area is 130 Å². The lowest BCUT2D eigenvalue weighted by Crippen LogP contribution is -2.03. The van der Waals surface area contributed by atoms with E-state index in [1.165, 1.54) is 11.3 Å². The van der Waals surface area contributed by atoms with Gasteiger partial charge in [0, 0.05) is 6.42 Å². The second-order valence-corrected chi connectivity index (χ2v) is 6.49. The number of thiazole rings is 1. The summed E-state index contributed by atoms with van der Waals surface area (Å²) >= 11 is 1.48. The highest BCUT2D eigenvalue weighted by molar-refractivity contribution is 7.12. The molecular weight excluding hydrogens is 280 g/mol. The van der Waals surface area contributed by atoms with Crippen LogP contribution in [0.25, 0.3) is 0 Å². The van der Waals surface area contributed by atoms with Gasteiger partial charge >= 0.3 is 0 Å². The van der Waals surface area contributed by atoms with Crippen LogP contribution >= 0.6 is 11.3 Å². The van der Waals surface area contributed by atoms with Crippen molar-refractivity contribution in [2.45, 2.75) is 40.0 Å². The molecular formula is C17H20N2OS. The van der Waals surface area contributed by atoms with Crippen LogP contribution in [0.2, 0.25) is 0 Å². The van der Waals surface area contributed by atoms with E-state index in [9.17, 15) is 0 Å². The van der Waals surface area contributed by atoms with Gasteiger partial charge in [0.25, 0.3) is 0 Å². The SMILES string of the molecule is Cc1cccc(C)c1OCCc1nc(C(C)C)c(C#N)s1. The number of aromatic nitrogens is 1. The first kappa shape index (κ1) is 15.5. The minimum absolute atomic E-state index is 0.282. The molecule has 0 aliphatic heterocycles. The van der Waals surface area contributed by atoms with Crippen molar-refractivity contribution in [3.8, 4) is 11.8 Å². The smallest absolute Gasteiger partial charge is 0.128 e. The van der Waals surface area contributed by atoms with Crippen molar-refractivity contribution in [3.63, 3.8) is 0 Å². The minimum atomic E-state index is 0.282. The van der Waals surface area contributed by atoms with Crippen LogP contribution in [0.4, 0.5) is 0 Å². The molecule has 0 bridgehead atoms. The van der Waals surface area contributed by atoms with E-state index in [1.54, 1.807) is 0 Å². The summed E-state index contributed by atoms with van der Waals surface area (Å²) in [5, 5.41) is 10.1. The largest absolute Gasteiger partial charge is 0.493 e. The van der Waals surface area contributed by atoms with Gasteiger partial charge in [0.05, 0.1) is 17.3 Å². The molecule has 0 aliphatic rings. The van der Waals surface area contributed by atoms with Crippen LogP contribution in [0.5, 0.6) is 5.75 Å². The van der Waals surface area contributed by atoms with E-state index in [0.717, 1.165) is 38.9 Å². The Morgan fingerprint density at radius 2 is 1.95 bits per heavy atom. The molecule has 0 amide bonds. The third-order valence-electron chi connectivity index (χ3n) is 3.32. The standard InChI is InChI=1S/C17H20N2OS/c1-11(2)16-14(10-18)21-15(19-16)8-9-20-17-12(3)6-5-7-13(17)4/h5-7,11H,8-9H2,1-4H3. The Hall–Kier alpha value is -1.86. The highest BCUT2D eigenvalue weighted by Crippen LogP contribution is 2.26. The molecule has 1 heterocycles. The third kappa shape index (κ3) is 3.62. The number of rotatable bonds is 5. The Morgan fingerprint density at radius 1 is 1.29 bits per heavy atom. The molecule has 3 nitrogen and oxygen atoms in total. The Morgan fingerprint density at radius 3 is 2.48 bits per heavy atom. The van der Waals surface area contributed by atoms with Gasteiger partial charge in [0.2, 0.25) is 0 Å². The average molecular weight is 300 g/mol. The first-order valence-electron chi connectivity index (χ1n) is 7.11. The molecule has 0 aliphatic carbocycles. The average Bonchev–Trinajstić information content (AvgIpc) is 2.85. The number of para-hydroxylation sites is 1. The second kappa shape index (κ2) is 6.73. The number of ether oxygens (including phenoxy) is 1. The zero-order chi connectivity index (χ0) is 15.4. The lowest BCUT2D eigenvalue weighted by atomic mass is 10.1. The quantitative estimate of drug-likeness (QED) is 0.823. The third-order valence-corrected chi connectivity index (χ3v) is 4.35. The molecule has 110 valence electrons. The zero-order valence-electron chi connectivity index (χ0n) is 12.9. The number of hydrogen-bond acceptors (Lipinski definition) is 4. The summed E-state index contributed by atoms with van der Waals surface area (Å²) in [6.07, 6.45) is 0.736. The number of hydrogen-bond donors (Lipinski definition) is 0. The van der Waals surface area contributed by atoms with Crippen molar-refractivity contribution in [1.82, 2.24) is 4.98 Å². The maximum absolute atomic E-state index is 9.15. The number of nitrogens with zero attached hydrogens (tertiary/aromatic N) is 2. The van der Waals surface area contributed by atoms with Crippen molar-refractivity contribution in [1.29, 1.82) is 5.26 Å². The maximum Gasteiger partial charge on any atom is 0.128 e. The van der Waals surface area contributed by atoms with Crippen LogP contribution in [-0.2, 0) is 6.42 Å². The van der Waals surface area contributed by atoms with Gasteiger partial charge in [-0.25, -0.2) is 4.98 Å². The van der Waals surface area contributed by atoms with Gasteiger partial charge in [-0.3, -0.25) is 0 Å². The molecule has 0 fully saturated rings. The molecule has 0 saturated carbocycles. The fourth-order valence-electron chi connectivity index (χ4n) is 2.22. The summed E-state index contributed by atoms with van der Waals surface area (Å²) in [6.45, 7) is 8.81. The molecule has 2 aromatic rings. The number of benzene rings is 1. The van der Waals surface area contributed by atoms with E-state index in [4.69, 9.17) is 10.00 Å². The van der Waals surface area contributed by atoms with Crippen molar-refractivity contribution in [3.05, 3.63) is 44.9 Å². The van der Waals surface area contributed by atoms with E-state index in [2.05, 4.69) is 50.9 Å². The summed E-state index contributed by atoms with van der Waals surface area (Å²) in [5.74, 6) is 1.24. The van der Waals surface area contributed by atoms with Crippen molar-refractivity contribution < 1.29 is 4.74 Å². The lowest BCUT2D eigenvalue weighted by Gasteiger charge is -2.11. The van der Waals surface area contributed by atoms with Crippen molar-refractivity contribution >= 4 is 11.3 Å². The van der Waals surface area contributed by atoms with Crippen LogP contribution in [0, 0.1) is 25.2 Å². The maximum atomic E-state index is 9.15. The second-order valence-electron chi connectivity index (χ2n) is 5.41. The summed E-state index contributed by atoms with van der Waals surface area (Å²) in [7, 11) is 0. The highest BCUT2D eigenvalue weighted by atomic mass is 32.1. The summed E-state index contributed by atoms with van der Waals surface area (Å²) < 4.78 is 5.90. The molecule has 0 N–H and O–H groups in total. The first-order chi connectivity index (χ1) is 10.0. The van der Waals surface area contributed by atoms with Crippen LogP contribution in [-0.4, -0.2) is 11.6 Å². The topological polar surface area (TPSA) is 45.9 Å². The molecule has 4 heteroatoms. The van der Waals surface area contributed by atoms with E-state index >= 15 is 0 Å². The predicted octanol–water partition coefficient (Wildman–Crippen LogP) is 4.38. The van der Waals surface area contributed by atoms with Crippen LogP contribution in [0.1, 0.15) is 46.5 Å². The monoisotopic (exact) mass is 300 g/mol. The fraction of sp³-hybridized carbons (Fsp3) is 0.412. The molecule has 21 heavy (non-hydrogen) atoms. The van der Waals surface area contributed by atoms with Gasteiger partial charge in [0.15, 0.2) is 0 Å². The van der Waals surface area contributed by atoms with Crippen molar-refractivity contribution in [2.75, 3.05) is 6.61 Å². The van der Waals surface area contributed by atoms with Gasteiger partial charge in [-0.1, -0.05) is 32.0 Å².